The van der Waals surface area contributed by atoms with Crippen LogP contribution >= 0.6 is 21.6 Å². The van der Waals surface area contributed by atoms with Crippen LogP contribution in [0, 0.1) is 0 Å². The van der Waals surface area contributed by atoms with Crippen LogP contribution in [0.15, 0.2) is 29.4 Å². The van der Waals surface area contributed by atoms with Crippen LogP contribution in [0.1, 0.15) is 6.42 Å². The Morgan fingerprint density at radius 2 is 2.36 bits per heavy atom. The summed E-state index contributed by atoms with van der Waals surface area (Å²) in [5, 5.41) is 0.970. The second-order valence-corrected chi connectivity index (χ2v) is 5.00. The van der Waals surface area contributed by atoms with Gasteiger partial charge in [-0.3, -0.25) is 4.79 Å². The Kier molecular flexibility index (Phi) is 5.66. The van der Waals surface area contributed by atoms with Crippen molar-refractivity contribution in [1.29, 1.82) is 0 Å². The minimum Gasteiger partial charge on any atom is -0.324 e. The van der Waals surface area contributed by atoms with Gasteiger partial charge in [-0.05, 0) is 22.9 Å². The van der Waals surface area contributed by atoms with Gasteiger partial charge in [-0.25, -0.2) is 4.98 Å². The molecule has 0 aliphatic rings. The maximum Gasteiger partial charge on any atom is 0.147 e. The van der Waals surface area contributed by atoms with Gasteiger partial charge in [0.05, 0.1) is 6.54 Å². The third-order valence-electron chi connectivity index (χ3n) is 1.47. The quantitative estimate of drug-likeness (QED) is 0.593. The Balaban J connectivity index is 2.13. The van der Waals surface area contributed by atoms with Crippen LogP contribution < -0.4 is 5.73 Å². The fourth-order valence-electron chi connectivity index (χ4n) is 0.756. The normalized spacial score (nSPS) is 10.1. The van der Waals surface area contributed by atoms with Crippen LogP contribution in [-0.4, -0.2) is 23.1 Å². The molecule has 0 aliphatic heterocycles. The van der Waals surface area contributed by atoms with Crippen molar-refractivity contribution in [2.24, 2.45) is 5.73 Å². The lowest BCUT2D eigenvalue weighted by Gasteiger charge is -1.98. The zero-order valence-electron chi connectivity index (χ0n) is 7.68. The fourth-order valence-corrected chi connectivity index (χ4v) is 2.67. The Hall–Kier alpha value is -0.520. The molecule has 5 heteroatoms. The van der Waals surface area contributed by atoms with Gasteiger partial charge in [-0.15, -0.1) is 0 Å². The van der Waals surface area contributed by atoms with Crippen molar-refractivity contribution in [1.82, 2.24) is 4.98 Å². The van der Waals surface area contributed by atoms with Crippen molar-refractivity contribution in [3.8, 4) is 0 Å². The molecule has 0 bridgehead atoms. The second kappa shape index (κ2) is 6.86. The van der Waals surface area contributed by atoms with Gasteiger partial charge in [0.2, 0.25) is 0 Å². The highest BCUT2D eigenvalue weighted by molar-refractivity contribution is 8.76. The van der Waals surface area contributed by atoms with E-state index in [0.717, 1.165) is 10.8 Å². The molecule has 3 nitrogen and oxygen atoms in total. The fraction of sp³-hybridized carbons (Fsp3) is 0.333. The zero-order valence-corrected chi connectivity index (χ0v) is 9.31. The standard InChI is InChI=1S/C9H12N2OS2/c10-7-8(12)4-6-13-14-9-3-1-2-5-11-9/h1-3,5H,4,6-7,10H2. The van der Waals surface area contributed by atoms with Crippen LogP contribution in [0.25, 0.3) is 0 Å². The number of hydrogen-bond donors (Lipinski definition) is 1. The Morgan fingerprint density at radius 1 is 1.50 bits per heavy atom. The van der Waals surface area contributed by atoms with Gasteiger partial charge in [0, 0.05) is 18.4 Å². The predicted octanol–water partition coefficient (Wildman–Crippen LogP) is 1.74. The van der Waals surface area contributed by atoms with Crippen molar-refractivity contribution < 1.29 is 4.79 Å². The number of nitrogens with zero attached hydrogens (tertiary/aromatic N) is 1. The number of aromatic nitrogens is 1. The maximum atomic E-state index is 10.9. The van der Waals surface area contributed by atoms with E-state index >= 15 is 0 Å². The number of ketones is 1. The predicted molar refractivity (Wildman–Crippen MR) is 61.2 cm³/mol. The molecule has 76 valence electrons. The van der Waals surface area contributed by atoms with Crippen LogP contribution in [0.4, 0.5) is 0 Å². The summed E-state index contributed by atoms with van der Waals surface area (Å²) in [6.07, 6.45) is 2.30. The third kappa shape index (κ3) is 4.64. The highest BCUT2D eigenvalue weighted by Crippen LogP contribution is 2.29. The molecule has 0 spiro atoms. The van der Waals surface area contributed by atoms with E-state index < -0.39 is 0 Å². The first-order valence-corrected chi connectivity index (χ1v) is 6.57. The molecular weight excluding hydrogens is 216 g/mol. The molecule has 0 fully saturated rings. The monoisotopic (exact) mass is 228 g/mol. The van der Waals surface area contributed by atoms with Gasteiger partial charge in [-0.2, -0.15) is 0 Å². The average molecular weight is 228 g/mol. The lowest BCUT2D eigenvalue weighted by molar-refractivity contribution is -0.117. The van der Waals surface area contributed by atoms with Gasteiger partial charge in [0.15, 0.2) is 0 Å². The van der Waals surface area contributed by atoms with E-state index in [1.54, 1.807) is 27.8 Å². The lowest BCUT2D eigenvalue weighted by Crippen LogP contribution is -2.13. The molecule has 0 aromatic carbocycles. The van der Waals surface area contributed by atoms with Gasteiger partial charge >= 0.3 is 0 Å². The molecule has 0 atom stereocenters. The summed E-state index contributed by atoms with van der Waals surface area (Å²) < 4.78 is 0. The molecule has 1 aromatic rings. The molecular formula is C9H12N2OS2. The number of carbonyl (C=O) groups is 1. The van der Waals surface area contributed by atoms with E-state index in [9.17, 15) is 4.79 Å². The van der Waals surface area contributed by atoms with Crippen LogP contribution in [-0.2, 0) is 4.79 Å². The van der Waals surface area contributed by atoms with Crippen molar-refractivity contribution in [2.45, 2.75) is 11.4 Å². The molecule has 0 radical (unpaired) electrons. The lowest BCUT2D eigenvalue weighted by atomic mass is 10.3. The number of rotatable bonds is 6. The SMILES string of the molecule is NCC(=O)CCSSc1ccccn1. The first-order chi connectivity index (χ1) is 6.83. The molecule has 0 unspecified atom stereocenters. The van der Waals surface area contributed by atoms with Gasteiger partial charge in [0.1, 0.15) is 10.8 Å². The summed E-state index contributed by atoms with van der Waals surface area (Å²) in [6.45, 7) is 0.148. The smallest absolute Gasteiger partial charge is 0.147 e. The maximum absolute atomic E-state index is 10.9. The first kappa shape index (κ1) is 11.6. The Morgan fingerprint density at radius 3 is 3.00 bits per heavy atom. The molecule has 1 rings (SSSR count). The molecule has 1 heterocycles. The summed E-state index contributed by atoms with van der Waals surface area (Å²) in [5.74, 6) is 0.899. The second-order valence-electron chi connectivity index (χ2n) is 2.57. The highest BCUT2D eigenvalue weighted by atomic mass is 33.1. The van der Waals surface area contributed by atoms with Gasteiger partial charge < -0.3 is 5.73 Å². The van der Waals surface area contributed by atoms with Crippen molar-refractivity contribution in [3.05, 3.63) is 24.4 Å². The molecule has 0 aliphatic carbocycles. The molecule has 2 N–H and O–H groups in total. The van der Waals surface area contributed by atoms with Crippen molar-refractivity contribution in [3.63, 3.8) is 0 Å². The van der Waals surface area contributed by atoms with Gasteiger partial charge in [0.25, 0.3) is 0 Å². The summed E-state index contributed by atoms with van der Waals surface area (Å²) in [6, 6.07) is 5.77. The number of carbonyl (C=O) groups excluding carboxylic acids is 1. The number of pyridine rings is 1. The molecule has 1 aromatic heterocycles. The zero-order chi connectivity index (χ0) is 10.2. The van der Waals surface area contributed by atoms with Gasteiger partial charge in [-0.1, -0.05) is 16.9 Å². The van der Waals surface area contributed by atoms with E-state index in [2.05, 4.69) is 4.98 Å². The largest absolute Gasteiger partial charge is 0.324 e. The number of nitrogens with two attached hydrogens (primary N) is 1. The average Bonchev–Trinajstić information content (AvgIpc) is 2.25. The summed E-state index contributed by atoms with van der Waals surface area (Å²) in [4.78, 5) is 15.0. The Labute approximate surface area is 91.3 Å². The number of Topliss-reactive ketones (excluding diaryl/α,β-unsaturated/α-hetero) is 1. The minimum atomic E-state index is 0.110. The van der Waals surface area contributed by atoms with Crippen LogP contribution in [0.2, 0.25) is 0 Å². The topological polar surface area (TPSA) is 56.0 Å². The van der Waals surface area contributed by atoms with Crippen molar-refractivity contribution in [2.75, 3.05) is 12.3 Å². The summed E-state index contributed by atoms with van der Waals surface area (Å²) in [7, 11) is 3.21. The van der Waals surface area contributed by atoms with E-state index in [1.165, 1.54) is 0 Å². The van der Waals surface area contributed by atoms with E-state index in [4.69, 9.17) is 5.73 Å². The third-order valence-corrected chi connectivity index (χ3v) is 3.74. The molecule has 0 amide bonds. The van der Waals surface area contributed by atoms with E-state index in [-0.39, 0.29) is 12.3 Å². The molecule has 0 saturated heterocycles. The number of hydrogen-bond acceptors (Lipinski definition) is 5. The molecule has 0 saturated carbocycles. The summed E-state index contributed by atoms with van der Waals surface area (Å²) >= 11 is 0. The van der Waals surface area contributed by atoms with Crippen LogP contribution in [0.3, 0.4) is 0 Å². The van der Waals surface area contributed by atoms with Crippen LogP contribution in [0.5, 0.6) is 0 Å². The van der Waals surface area contributed by atoms with E-state index in [0.29, 0.717) is 6.42 Å². The first-order valence-electron chi connectivity index (χ1n) is 4.25. The highest BCUT2D eigenvalue weighted by Gasteiger charge is 1.99. The minimum absolute atomic E-state index is 0.110. The van der Waals surface area contributed by atoms with Crippen molar-refractivity contribution >= 4 is 27.4 Å². The molecule has 14 heavy (non-hydrogen) atoms. The Bertz CT molecular complexity index is 279. The summed E-state index contributed by atoms with van der Waals surface area (Å²) in [5.41, 5.74) is 5.19. The van der Waals surface area contributed by atoms with E-state index in [1.807, 2.05) is 18.2 Å².